The van der Waals surface area contributed by atoms with E-state index in [-0.39, 0.29) is 6.04 Å². The van der Waals surface area contributed by atoms with Crippen LogP contribution >= 0.6 is 11.3 Å². The highest BCUT2D eigenvalue weighted by Gasteiger charge is 2.16. The number of aryl methyl sites for hydroxylation is 1. The summed E-state index contributed by atoms with van der Waals surface area (Å²) >= 11 is 1.72. The Hall–Kier alpha value is -1.39. The van der Waals surface area contributed by atoms with Crippen LogP contribution < -0.4 is 10.2 Å². The minimum absolute atomic E-state index is 0.194. The average Bonchev–Trinajstić information content (AvgIpc) is 2.82. The summed E-state index contributed by atoms with van der Waals surface area (Å²) in [5.74, 6) is 0. The minimum Gasteiger partial charge on any atom is -0.378 e. The van der Waals surface area contributed by atoms with Crippen LogP contribution in [0.15, 0.2) is 29.6 Å². The smallest absolute Gasteiger partial charge is 0.114 e. The summed E-state index contributed by atoms with van der Waals surface area (Å²) in [7, 11) is 4.11. The Morgan fingerprint density at radius 3 is 2.42 bits per heavy atom. The zero-order valence-electron chi connectivity index (χ0n) is 12.0. The largest absolute Gasteiger partial charge is 0.378 e. The van der Waals surface area contributed by atoms with Crippen LogP contribution in [0.2, 0.25) is 0 Å². The van der Waals surface area contributed by atoms with Crippen molar-refractivity contribution in [2.75, 3.05) is 25.5 Å². The molecule has 0 fully saturated rings. The molecule has 0 bridgehead atoms. The third-order valence-electron chi connectivity index (χ3n) is 3.03. The highest BCUT2D eigenvalue weighted by Crippen LogP contribution is 2.26. The summed E-state index contributed by atoms with van der Waals surface area (Å²) in [4.78, 5) is 6.72. The van der Waals surface area contributed by atoms with Crippen LogP contribution in [0.1, 0.15) is 29.2 Å². The lowest BCUT2D eigenvalue weighted by Crippen LogP contribution is -2.22. The van der Waals surface area contributed by atoms with Gasteiger partial charge in [-0.3, -0.25) is 0 Å². The van der Waals surface area contributed by atoms with Gasteiger partial charge in [0.05, 0.1) is 6.04 Å². The molecule has 19 heavy (non-hydrogen) atoms. The van der Waals surface area contributed by atoms with Gasteiger partial charge in [-0.2, -0.15) is 0 Å². The number of rotatable bonds is 5. The second-order valence-corrected chi connectivity index (χ2v) is 5.69. The van der Waals surface area contributed by atoms with E-state index in [1.54, 1.807) is 11.3 Å². The van der Waals surface area contributed by atoms with Crippen LogP contribution in [-0.4, -0.2) is 25.6 Å². The molecule has 0 saturated carbocycles. The average molecular weight is 275 g/mol. The molecule has 0 amide bonds. The number of anilines is 1. The summed E-state index contributed by atoms with van der Waals surface area (Å²) < 4.78 is 0. The van der Waals surface area contributed by atoms with Crippen LogP contribution in [0, 0.1) is 6.92 Å². The number of aromatic nitrogens is 1. The van der Waals surface area contributed by atoms with E-state index in [0.29, 0.717) is 0 Å². The molecule has 1 aromatic heterocycles. The second kappa shape index (κ2) is 6.17. The van der Waals surface area contributed by atoms with Gasteiger partial charge in [0.2, 0.25) is 0 Å². The monoisotopic (exact) mass is 275 g/mol. The maximum Gasteiger partial charge on any atom is 0.114 e. The van der Waals surface area contributed by atoms with Crippen molar-refractivity contribution in [3.8, 4) is 0 Å². The zero-order valence-corrected chi connectivity index (χ0v) is 12.8. The predicted molar refractivity (Wildman–Crippen MR) is 83.1 cm³/mol. The van der Waals surface area contributed by atoms with Crippen LogP contribution in [0.25, 0.3) is 0 Å². The van der Waals surface area contributed by atoms with Crippen molar-refractivity contribution in [2.45, 2.75) is 19.9 Å². The number of nitrogens with zero attached hydrogens (tertiary/aromatic N) is 2. The maximum absolute atomic E-state index is 4.61. The fourth-order valence-electron chi connectivity index (χ4n) is 2.02. The number of nitrogens with one attached hydrogen (secondary N) is 1. The van der Waals surface area contributed by atoms with E-state index < -0.39 is 0 Å². The van der Waals surface area contributed by atoms with Crippen LogP contribution in [0.4, 0.5) is 5.69 Å². The first-order chi connectivity index (χ1) is 9.11. The first-order valence-electron chi connectivity index (χ1n) is 6.54. The van der Waals surface area contributed by atoms with Crippen LogP contribution in [0.3, 0.4) is 0 Å². The fraction of sp³-hybridized carbons (Fsp3) is 0.400. The molecule has 1 heterocycles. The van der Waals surface area contributed by atoms with E-state index in [9.17, 15) is 0 Å². The standard InChI is InChI=1S/C15H21N3S/c1-5-16-14(15-17-11(2)10-19-15)12-6-8-13(9-7-12)18(3)4/h6-10,14,16H,5H2,1-4H3. The number of hydrogen-bond donors (Lipinski definition) is 1. The Morgan fingerprint density at radius 2 is 1.95 bits per heavy atom. The Kier molecular flexibility index (Phi) is 4.56. The SMILES string of the molecule is CCNC(c1ccc(N(C)C)cc1)c1nc(C)cs1. The molecule has 1 unspecified atom stereocenters. The van der Waals surface area contributed by atoms with Gasteiger partial charge >= 0.3 is 0 Å². The molecule has 102 valence electrons. The Morgan fingerprint density at radius 1 is 1.26 bits per heavy atom. The van der Waals surface area contributed by atoms with Crippen molar-refractivity contribution in [2.24, 2.45) is 0 Å². The predicted octanol–water partition coefficient (Wildman–Crippen LogP) is 3.22. The molecule has 3 nitrogen and oxygen atoms in total. The lowest BCUT2D eigenvalue weighted by molar-refractivity contribution is 0.626. The number of benzene rings is 1. The van der Waals surface area contributed by atoms with Crippen molar-refractivity contribution >= 4 is 17.0 Å². The summed E-state index contributed by atoms with van der Waals surface area (Å²) in [5.41, 5.74) is 3.57. The Bertz CT molecular complexity index is 516. The van der Waals surface area contributed by atoms with E-state index in [1.165, 1.54) is 11.3 Å². The van der Waals surface area contributed by atoms with Crippen LogP contribution in [0.5, 0.6) is 0 Å². The molecular formula is C15H21N3S. The van der Waals surface area contributed by atoms with E-state index in [1.807, 2.05) is 6.92 Å². The molecule has 0 spiro atoms. The molecule has 0 aliphatic carbocycles. The van der Waals surface area contributed by atoms with E-state index in [2.05, 4.69) is 65.9 Å². The molecule has 0 radical (unpaired) electrons. The van der Waals surface area contributed by atoms with Gasteiger partial charge < -0.3 is 10.2 Å². The molecular weight excluding hydrogens is 254 g/mol. The van der Waals surface area contributed by atoms with Crippen molar-refractivity contribution in [3.63, 3.8) is 0 Å². The lowest BCUT2D eigenvalue weighted by Gasteiger charge is -2.18. The Labute approximate surface area is 119 Å². The fourth-order valence-corrected chi connectivity index (χ4v) is 2.92. The highest BCUT2D eigenvalue weighted by molar-refractivity contribution is 7.09. The molecule has 2 aromatic rings. The maximum atomic E-state index is 4.61. The lowest BCUT2D eigenvalue weighted by atomic mass is 10.1. The van der Waals surface area contributed by atoms with E-state index in [0.717, 1.165) is 17.2 Å². The summed E-state index contributed by atoms with van der Waals surface area (Å²) in [6, 6.07) is 8.86. The summed E-state index contributed by atoms with van der Waals surface area (Å²) in [6.45, 7) is 5.10. The Balaban J connectivity index is 2.28. The molecule has 2 rings (SSSR count). The first kappa shape index (κ1) is 14.0. The molecule has 4 heteroatoms. The second-order valence-electron chi connectivity index (χ2n) is 4.80. The molecule has 0 aliphatic heterocycles. The van der Waals surface area contributed by atoms with Crippen LogP contribution in [-0.2, 0) is 0 Å². The molecule has 0 aliphatic rings. The van der Waals surface area contributed by atoms with Gasteiger partial charge in [0, 0.05) is 30.9 Å². The molecule has 1 N–H and O–H groups in total. The van der Waals surface area contributed by atoms with E-state index >= 15 is 0 Å². The van der Waals surface area contributed by atoms with Crippen molar-refractivity contribution < 1.29 is 0 Å². The summed E-state index contributed by atoms with van der Waals surface area (Å²) in [6.07, 6.45) is 0. The van der Waals surface area contributed by atoms with Crippen molar-refractivity contribution in [1.82, 2.24) is 10.3 Å². The third kappa shape index (κ3) is 3.33. The van der Waals surface area contributed by atoms with Gasteiger partial charge in [-0.15, -0.1) is 11.3 Å². The first-order valence-corrected chi connectivity index (χ1v) is 7.42. The quantitative estimate of drug-likeness (QED) is 0.908. The topological polar surface area (TPSA) is 28.2 Å². The summed E-state index contributed by atoms with van der Waals surface area (Å²) in [5, 5.41) is 6.75. The molecule has 1 aromatic carbocycles. The van der Waals surface area contributed by atoms with Gasteiger partial charge in [0.15, 0.2) is 0 Å². The third-order valence-corrected chi connectivity index (χ3v) is 4.06. The van der Waals surface area contributed by atoms with Gasteiger partial charge in [-0.05, 0) is 31.2 Å². The zero-order chi connectivity index (χ0) is 13.8. The molecule has 1 atom stereocenters. The van der Waals surface area contributed by atoms with Crippen molar-refractivity contribution in [3.05, 3.63) is 45.9 Å². The van der Waals surface area contributed by atoms with Gasteiger partial charge in [-0.25, -0.2) is 4.98 Å². The molecule has 0 saturated heterocycles. The number of hydrogen-bond acceptors (Lipinski definition) is 4. The highest BCUT2D eigenvalue weighted by atomic mass is 32.1. The van der Waals surface area contributed by atoms with Gasteiger partial charge in [0.1, 0.15) is 5.01 Å². The van der Waals surface area contributed by atoms with Gasteiger partial charge in [-0.1, -0.05) is 19.1 Å². The number of thiazole rings is 1. The normalized spacial score (nSPS) is 12.4. The minimum atomic E-state index is 0.194. The van der Waals surface area contributed by atoms with Gasteiger partial charge in [0.25, 0.3) is 0 Å². The van der Waals surface area contributed by atoms with E-state index in [4.69, 9.17) is 0 Å². The van der Waals surface area contributed by atoms with Crippen molar-refractivity contribution in [1.29, 1.82) is 0 Å².